The molecule has 8 heteroatoms. The lowest BCUT2D eigenvalue weighted by Gasteiger charge is -2.32. The lowest BCUT2D eigenvalue weighted by molar-refractivity contribution is 0.0700. The molecule has 4 heterocycles. The molecule has 0 saturated carbocycles. The first kappa shape index (κ1) is 13.7. The van der Waals surface area contributed by atoms with Crippen LogP contribution in [0, 0.1) is 0 Å². The molecule has 0 aliphatic carbocycles. The van der Waals surface area contributed by atoms with Crippen molar-refractivity contribution >= 4 is 22.8 Å². The van der Waals surface area contributed by atoms with Crippen molar-refractivity contribution in [1.82, 2.24) is 30.3 Å². The average molecular weight is 311 g/mol. The maximum absolute atomic E-state index is 12.5. The van der Waals surface area contributed by atoms with Crippen LogP contribution in [0.4, 0.5) is 5.82 Å². The SMILES string of the molecule is Nc1[nH]nc2nc(C3CCCN(C(=O)c4ccn[nH]4)C3)ccc12. The van der Waals surface area contributed by atoms with E-state index in [9.17, 15) is 4.79 Å². The second-order valence-corrected chi connectivity index (χ2v) is 5.81. The second kappa shape index (κ2) is 5.38. The average Bonchev–Trinajstić information content (AvgIpc) is 3.24. The van der Waals surface area contributed by atoms with Crippen LogP contribution >= 0.6 is 0 Å². The summed E-state index contributed by atoms with van der Waals surface area (Å²) in [6, 6.07) is 5.61. The number of H-pyrrole nitrogens is 2. The summed E-state index contributed by atoms with van der Waals surface area (Å²) >= 11 is 0. The first-order chi connectivity index (χ1) is 11.2. The minimum atomic E-state index is -0.0164. The zero-order chi connectivity index (χ0) is 15.8. The van der Waals surface area contributed by atoms with Crippen molar-refractivity contribution in [2.24, 2.45) is 0 Å². The summed E-state index contributed by atoms with van der Waals surface area (Å²) < 4.78 is 0. The number of rotatable bonds is 2. The summed E-state index contributed by atoms with van der Waals surface area (Å²) in [5, 5.41) is 14.3. The van der Waals surface area contributed by atoms with E-state index in [1.807, 2.05) is 17.0 Å². The molecule has 8 nitrogen and oxygen atoms in total. The highest BCUT2D eigenvalue weighted by molar-refractivity contribution is 5.92. The van der Waals surface area contributed by atoms with Gasteiger partial charge in [-0.3, -0.25) is 15.0 Å². The molecule has 1 aliphatic heterocycles. The van der Waals surface area contributed by atoms with Crippen LogP contribution in [0.5, 0.6) is 0 Å². The Kier molecular flexibility index (Phi) is 3.22. The van der Waals surface area contributed by atoms with Crippen molar-refractivity contribution in [3.63, 3.8) is 0 Å². The Balaban J connectivity index is 1.57. The van der Waals surface area contributed by atoms with E-state index >= 15 is 0 Å². The fourth-order valence-corrected chi connectivity index (χ4v) is 3.11. The number of anilines is 1. The molecule has 0 aromatic carbocycles. The lowest BCUT2D eigenvalue weighted by Crippen LogP contribution is -2.39. The Morgan fingerprint density at radius 1 is 1.30 bits per heavy atom. The van der Waals surface area contributed by atoms with Crippen LogP contribution in [0.15, 0.2) is 24.4 Å². The number of nitrogens with zero attached hydrogens (tertiary/aromatic N) is 4. The Morgan fingerprint density at radius 2 is 2.22 bits per heavy atom. The zero-order valence-electron chi connectivity index (χ0n) is 12.5. The lowest BCUT2D eigenvalue weighted by atomic mass is 9.94. The normalized spacial score (nSPS) is 18.4. The van der Waals surface area contributed by atoms with Crippen LogP contribution in [0.2, 0.25) is 0 Å². The number of pyridine rings is 1. The first-order valence-electron chi connectivity index (χ1n) is 7.61. The number of hydrogen-bond donors (Lipinski definition) is 3. The molecule has 3 aromatic heterocycles. The summed E-state index contributed by atoms with van der Waals surface area (Å²) in [6.07, 6.45) is 3.55. The van der Waals surface area contributed by atoms with Crippen LogP contribution in [-0.4, -0.2) is 49.3 Å². The Labute approximate surface area is 132 Å². The van der Waals surface area contributed by atoms with Crippen molar-refractivity contribution in [3.8, 4) is 0 Å². The van der Waals surface area contributed by atoms with Crippen molar-refractivity contribution in [3.05, 3.63) is 35.8 Å². The van der Waals surface area contributed by atoms with Gasteiger partial charge in [0, 0.05) is 30.9 Å². The van der Waals surface area contributed by atoms with Crippen LogP contribution in [0.1, 0.15) is 34.9 Å². The molecule has 1 fully saturated rings. The largest absolute Gasteiger partial charge is 0.384 e. The number of fused-ring (bicyclic) bond motifs is 1. The van der Waals surface area contributed by atoms with Crippen molar-refractivity contribution in [2.75, 3.05) is 18.8 Å². The number of amides is 1. The van der Waals surface area contributed by atoms with Crippen LogP contribution in [0.3, 0.4) is 0 Å². The van der Waals surface area contributed by atoms with E-state index in [0.29, 0.717) is 23.7 Å². The monoisotopic (exact) mass is 311 g/mol. The highest BCUT2D eigenvalue weighted by Crippen LogP contribution is 2.28. The molecule has 3 aromatic rings. The molecule has 0 radical (unpaired) electrons. The molecule has 1 aliphatic rings. The summed E-state index contributed by atoms with van der Waals surface area (Å²) in [6.45, 7) is 1.40. The fraction of sp³-hybridized carbons (Fsp3) is 0.333. The number of piperidine rings is 1. The summed E-state index contributed by atoms with van der Waals surface area (Å²) in [7, 11) is 0. The standard InChI is InChI=1S/C15H17N7O/c16-13-10-3-4-11(18-14(10)21-20-13)9-2-1-7-22(8-9)15(23)12-5-6-17-19-12/h3-6,9H,1-2,7-8H2,(H,17,19)(H3,16,18,20,21). The zero-order valence-corrected chi connectivity index (χ0v) is 12.5. The number of aromatic nitrogens is 5. The van der Waals surface area contributed by atoms with E-state index in [2.05, 4.69) is 25.4 Å². The minimum Gasteiger partial charge on any atom is -0.384 e. The number of carbonyl (C=O) groups excluding carboxylic acids is 1. The molecular weight excluding hydrogens is 294 g/mol. The second-order valence-electron chi connectivity index (χ2n) is 5.81. The molecule has 0 spiro atoms. The third-order valence-electron chi connectivity index (χ3n) is 4.33. The fourth-order valence-electron chi connectivity index (χ4n) is 3.11. The summed E-state index contributed by atoms with van der Waals surface area (Å²) in [4.78, 5) is 18.9. The molecule has 0 bridgehead atoms. The maximum Gasteiger partial charge on any atom is 0.271 e. The number of carbonyl (C=O) groups is 1. The van der Waals surface area contributed by atoms with Gasteiger partial charge in [-0.1, -0.05) is 0 Å². The van der Waals surface area contributed by atoms with Crippen LogP contribution in [0.25, 0.3) is 11.0 Å². The first-order valence-corrected chi connectivity index (χ1v) is 7.61. The van der Waals surface area contributed by atoms with E-state index in [1.165, 1.54) is 0 Å². The van der Waals surface area contributed by atoms with E-state index < -0.39 is 0 Å². The molecule has 4 rings (SSSR count). The highest BCUT2D eigenvalue weighted by atomic mass is 16.2. The predicted molar refractivity (Wildman–Crippen MR) is 84.8 cm³/mol. The smallest absolute Gasteiger partial charge is 0.271 e. The Morgan fingerprint density at radius 3 is 3.04 bits per heavy atom. The van der Waals surface area contributed by atoms with E-state index in [4.69, 9.17) is 5.73 Å². The van der Waals surface area contributed by atoms with Gasteiger partial charge in [0.05, 0.1) is 5.39 Å². The molecule has 1 unspecified atom stereocenters. The topological polar surface area (TPSA) is 117 Å². The molecule has 1 atom stereocenters. The molecule has 1 amide bonds. The van der Waals surface area contributed by atoms with Crippen molar-refractivity contribution in [1.29, 1.82) is 0 Å². The van der Waals surface area contributed by atoms with Gasteiger partial charge in [-0.05, 0) is 31.0 Å². The number of nitrogen functional groups attached to an aromatic ring is 1. The van der Waals surface area contributed by atoms with Crippen molar-refractivity contribution < 1.29 is 4.79 Å². The third-order valence-corrected chi connectivity index (χ3v) is 4.33. The van der Waals surface area contributed by atoms with Gasteiger partial charge in [0.25, 0.3) is 5.91 Å². The third kappa shape index (κ3) is 2.41. The van der Waals surface area contributed by atoms with Crippen LogP contribution in [-0.2, 0) is 0 Å². The van der Waals surface area contributed by atoms with Gasteiger partial charge in [-0.2, -0.15) is 10.2 Å². The van der Waals surface area contributed by atoms with Gasteiger partial charge < -0.3 is 10.6 Å². The van der Waals surface area contributed by atoms with Gasteiger partial charge >= 0.3 is 0 Å². The Bertz CT molecular complexity index is 839. The number of aromatic amines is 2. The van der Waals surface area contributed by atoms with E-state index in [-0.39, 0.29) is 11.8 Å². The summed E-state index contributed by atoms with van der Waals surface area (Å²) in [5.41, 5.74) is 7.90. The number of nitrogens with two attached hydrogens (primary N) is 1. The molecular formula is C15H17N7O. The van der Waals surface area contributed by atoms with E-state index in [0.717, 1.165) is 30.5 Å². The molecule has 23 heavy (non-hydrogen) atoms. The number of likely N-dealkylation sites (tertiary alicyclic amines) is 1. The number of nitrogens with one attached hydrogen (secondary N) is 2. The van der Waals surface area contributed by atoms with E-state index in [1.54, 1.807) is 12.3 Å². The van der Waals surface area contributed by atoms with Gasteiger partial charge in [-0.25, -0.2) is 4.98 Å². The maximum atomic E-state index is 12.5. The van der Waals surface area contributed by atoms with Gasteiger partial charge in [-0.15, -0.1) is 0 Å². The van der Waals surface area contributed by atoms with Crippen molar-refractivity contribution in [2.45, 2.75) is 18.8 Å². The van der Waals surface area contributed by atoms with Crippen LogP contribution < -0.4 is 5.73 Å². The quantitative estimate of drug-likeness (QED) is 0.659. The highest BCUT2D eigenvalue weighted by Gasteiger charge is 2.27. The van der Waals surface area contributed by atoms with Gasteiger partial charge in [0.1, 0.15) is 11.5 Å². The minimum absolute atomic E-state index is 0.0164. The van der Waals surface area contributed by atoms with Gasteiger partial charge in [0.15, 0.2) is 5.65 Å². The summed E-state index contributed by atoms with van der Waals surface area (Å²) in [5.74, 6) is 0.717. The molecule has 1 saturated heterocycles. The Hall–Kier alpha value is -2.90. The predicted octanol–water partition coefficient (Wildman–Crippen LogP) is 1.28. The molecule has 4 N–H and O–H groups in total. The molecule has 118 valence electrons. The number of hydrogen-bond acceptors (Lipinski definition) is 5. The van der Waals surface area contributed by atoms with Gasteiger partial charge in [0.2, 0.25) is 0 Å².